The Labute approximate surface area is 141 Å². The number of hydrogen-bond donors (Lipinski definition) is 3. The Kier molecular flexibility index (Phi) is 5.64. The van der Waals surface area contributed by atoms with Crippen LogP contribution in [0, 0.1) is 12.3 Å². The highest BCUT2D eigenvalue weighted by Gasteiger charge is 2.39. The van der Waals surface area contributed by atoms with Crippen LogP contribution >= 0.6 is 23.8 Å². The van der Waals surface area contributed by atoms with Gasteiger partial charge in [-0.05, 0) is 49.7 Å². The van der Waals surface area contributed by atoms with Crippen molar-refractivity contribution in [1.29, 1.82) is 0 Å². The largest absolute Gasteiger partial charge is 0.481 e. The topological polar surface area (TPSA) is 61.4 Å². The maximum atomic E-state index is 11.6. The van der Waals surface area contributed by atoms with Gasteiger partial charge in [0, 0.05) is 17.3 Å². The first kappa shape index (κ1) is 17.0. The zero-order valence-electron chi connectivity index (χ0n) is 12.6. The van der Waals surface area contributed by atoms with E-state index >= 15 is 0 Å². The third kappa shape index (κ3) is 4.11. The van der Waals surface area contributed by atoms with Gasteiger partial charge >= 0.3 is 5.97 Å². The predicted molar refractivity (Wildman–Crippen MR) is 93.6 cm³/mol. The van der Waals surface area contributed by atoms with Crippen molar-refractivity contribution in [2.75, 3.05) is 11.9 Å². The molecule has 3 N–H and O–H groups in total. The van der Waals surface area contributed by atoms with Crippen molar-refractivity contribution in [1.82, 2.24) is 5.32 Å². The summed E-state index contributed by atoms with van der Waals surface area (Å²) in [7, 11) is 0. The molecule has 6 heteroatoms. The molecule has 0 aliphatic heterocycles. The lowest BCUT2D eigenvalue weighted by Gasteiger charge is -2.33. The second kappa shape index (κ2) is 7.29. The Balaban J connectivity index is 1.96. The number of halogens is 1. The second-order valence-corrected chi connectivity index (χ2v) is 6.76. The first-order chi connectivity index (χ1) is 10.4. The van der Waals surface area contributed by atoms with Crippen LogP contribution in [0.15, 0.2) is 18.2 Å². The van der Waals surface area contributed by atoms with Gasteiger partial charge in [-0.1, -0.05) is 36.9 Å². The van der Waals surface area contributed by atoms with Crippen molar-refractivity contribution >= 4 is 40.6 Å². The van der Waals surface area contributed by atoms with Crippen LogP contribution in [0.25, 0.3) is 0 Å². The number of hydrogen-bond acceptors (Lipinski definition) is 2. The Morgan fingerprint density at radius 1 is 1.36 bits per heavy atom. The number of rotatable bonds is 4. The Morgan fingerprint density at radius 3 is 2.68 bits per heavy atom. The number of carboxylic acid groups (broad SMARTS) is 1. The number of benzene rings is 1. The molecule has 2 rings (SSSR count). The Morgan fingerprint density at radius 2 is 2.05 bits per heavy atom. The van der Waals surface area contributed by atoms with Crippen molar-refractivity contribution in [3.05, 3.63) is 28.8 Å². The van der Waals surface area contributed by atoms with Gasteiger partial charge in [0.05, 0.1) is 5.41 Å². The Bertz CT molecular complexity index is 571. The minimum atomic E-state index is -0.735. The van der Waals surface area contributed by atoms with E-state index in [2.05, 4.69) is 10.6 Å². The molecule has 0 bridgehead atoms. The summed E-state index contributed by atoms with van der Waals surface area (Å²) in [5, 5.41) is 16.8. The van der Waals surface area contributed by atoms with E-state index in [1.165, 1.54) is 0 Å². The van der Waals surface area contributed by atoms with Crippen molar-refractivity contribution in [2.24, 2.45) is 5.41 Å². The maximum absolute atomic E-state index is 11.6. The molecule has 0 spiro atoms. The van der Waals surface area contributed by atoms with Crippen LogP contribution in [0.3, 0.4) is 0 Å². The minimum absolute atomic E-state index is 0.355. The molecular formula is C16H21ClN2O2S. The average Bonchev–Trinajstić information content (AvgIpc) is 2.50. The number of carbonyl (C=O) groups is 1. The van der Waals surface area contributed by atoms with E-state index < -0.39 is 11.4 Å². The zero-order chi connectivity index (χ0) is 16.2. The molecule has 1 fully saturated rings. The molecule has 0 radical (unpaired) electrons. The van der Waals surface area contributed by atoms with E-state index in [1.807, 2.05) is 19.1 Å². The van der Waals surface area contributed by atoms with E-state index in [4.69, 9.17) is 23.8 Å². The summed E-state index contributed by atoms with van der Waals surface area (Å²) in [6.45, 7) is 2.31. The molecule has 0 heterocycles. The SMILES string of the molecule is Cc1ccc(Cl)cc1NC(=S)NCC1(C(=O)O)CCCCC1. The first-order valence-corrected chi connectivity index (χ1v) is 8.26. The normalized spacial score (nSPS) is 16.8. The van der Waals surface area contributed by atoms with Crippen molar-refractivity contribution in [3.8, 4) is 0 Å². The highest BCUT2D eigenvalue weighted by molar-refractivity contribution is 7.80. The molecule has 4 nitrogen and oxygen atoms in total. The van der Waals surface area contributed by atoms with Crippen LogP contribution in [0.5, 0.6) is 0 Å². The second-order valence-electron chi connectivity index (χ2n) is 5.91. The summed E-state index contributed by atoms with van der Waals surface area (Å²) < 4.78 is 0. The fourth-order valence-corrected chi connectivity index (χ4v) is 3.19. The summed E-state index contributed by atoms with van der Waals surface area (Å²) in [4.78, 5) is 11.6. The number of nitrogens with one attached hydrogen (secondary N) is 2. The lowest BCUT2D eigenvalue weighted by molar-refractivity contribution is -0.150. The van der Waals surface area contributed by atoms with E-state index in [1.54, 1.807) is 6.07 Å². The smallest absolute Gasteiger partial charge is 0.311 e. The number of carboxylic acids is 1. The molecule has 1 saturated carbocycles. The molecule has 0 unspecified atom stereocenters. The van der Waals surface area contributed by atoms with Crippen LogP contribution in [0.1, 0.15) is 37.7 Å². The van der Waals surface area contributed by atoms with Gasteiger partial charge in [0.2, 0.25) is 0 Å². The zero-order valence-corrected chi connectivity index (χ0v) is 14.2. The number of anilines is 1. The Hall–Kier alpha value is -1.33. The summed E-state index contributed by atoms with van der Waals surface area (Å²) in [5.74, 6) is -0.735. The highest BCUT2D eigenvalue weighted by atomic mass is 35.5. The molecule has 0 aromatic heterocycles. The summed E-state index contributed by atoms with van der Waals surface area (Å²) in [5.41, 5.74) is 1.16. The van der Waals surface area contributed by atoms with Crippen molar-refractivity contribution in [3.63, 3.8) is 0 Å². The van der Waals surface area contributed by atoms with Crippen molar-refractivity contribution < 1.29 is 9.90 Å². The van der Waals surface area contributed by atoms with Gasteiger partial charge in [0.25, 0.3) is 0 Å². The van der Waals surface area contributed by atoms with Crippen molar-refractivity contribution in [2.45, 2.75) is 39.0 Å². The number of thiocarbonyl (C=S) groups is 1. The quantitative estimate of drug-likeness (QED) is 0.724. The van der Waals surface area contributed by atoms with Crippen LogP contribution < -0.4 is 10.6 Å². The molecule has 1 aromatic rings. The first-order valence-electron chi connectivity index (χ1n) is 7.47. The molecule has 22 heavy (non-hydrogen) atoms. The summed E-state index contributed by atoms with van der Waals surface area (Å²) in [6.07, 6.45) is 4.44. The third-order valence-corrected chi connectivity index (χ3v) is 4.78. The van der Waals surface area contributed by atoms with Crippen LogP contribution in [-0.4, -0.2) is 22.7 Å². The van der Waals surface area contributed by atoms with E-state index in [-0.39, 0.29) is 0 Å². The highest BCUT2D eigenvalue weighted by Crippen LogP contribution is 2.36. The fraction of sp³-hybridized carbons (Fsp3) is 0.500. The van der Waals surface area contributed by atoms with Gasteiger partial charge in [-0.3, -0.25) is 4.79 Å². The monoisotopic (exact) mass is 340 g/mol. The van der Waals surface area contributed by atoms with E-state index in [9.17, 15) is 9.90 Å². The fourth-order valence-electron chi connectivity index (χ4n) is 2.84. The van der Waals surface area contributed by atoms with Crippen LogP contribution in [0.2, 0.25) is 5.02 Å². The van der Waals surface area contributed by atoms with Gasteiger partial charge in [-0.2, -0.15) is 0 Å². The predicted octanol–water partition coefficient (Wildman–Crippen LogP) is 3.97. The van der Waals surface area contributed by atoms with Crippen LogP contribution in [0.4, 0.5) is 5.69 Å². The standard InChI is InChI=1S/C16H21ClN2O2S/c1-11-5-6-12(17)9-13(11)19-15(22)18-10-16(14(20)21)7-3-2-4-8-16/h5-6,9H,2-4,7-8,10H2,1H3,(H,20,21)(H2,18,19,22). The molecule has 0 saturated heterocycles. The van der Waals surface area contributed by atoms with Gasteiger partial charge in [-0.15, -0.1) is 0 Å². The molecule has 1 aliphatic rings. The number of aryl methyl sites for hydroxylation is 1. The lowest BCUT2D eigenvalue weighted by atomic mass is 9.74. The van der Waals surface area contributed by atoms with E-state index in [0.29, 0.717) is 29.5 Å². The van der Waals surface area contributed by atoms with E-state index in [0.717, 1.165) is 30.5 Å². The third-order valence-electron chi connectivity index (χ3n) is 4.30. The number of aliphatic carboxylic acids is 1. The maximum Gasteiger partial charge on any atom is 0.311 e. The molecule has 0 atom stereocenters. The molecule has 0 amide bonds. The molecule has 1 aromatic carbocycles. The average molecular weight is 341 g/mol. The molecule has 120 valence electrons. The summed E-state index contributed by atoms with van der Waals surface area (Å²) >= 11 is 11.3. The molecule has 1 aliphatic carbocycles. The minimum Gasteiger partial charge on any atom is -0.481 e. The van der Waals surface area contributed by atoms with Gasteiger partial charge < -0.3 is 15.7 Å². The van der Waals surface area contributed by atoms with Gasteiger partial charge in [0.1, 0.15) is 0 Å². The summed E-state index contributed by atoms with van der Waals surface area (Å²) in [6, 6.07) is 5.53. The molecular weight excluding hydrogens is 320 g/mol. The van der Waals surface area contributed by atoms with Gasteiger partial charge in [0.15, 0.2) is 5.11 Å². The van der Waals surface area contributed by atoms with Crippen LogP contribution in [-0.2, 0) is 4.79 Å². The van der Waals surface area contributed by atoms with Gasteiger partial charge in [-0.25, -0.2) is 0 Å². The lowest BCUT2D eigenvalue weighted by Crippen LogP contribution is -2.45.